The SMILES string of the molecule is Cc1ccc(Br)cc1C(=O)NC1(C(=O)O)CCCC1. The van der Waals surface area contributed by atoms with Crippen molar-refractivity contribution in [3.05, 3.63) is 33.8 Å². The van der Waals surface area contributed by atoms with Crippen LogP contribution in [-0.2, 0) is 4.79 Å². The third-order valence-electron chi connectivity index (χ3n) is 3.66. The Balaban J connectivity index is 2.25. The van der Waals surface area contributed by atoms with Gasteiger partial charge in [0, 0.05) is 10.0 Å². The van der Waals surface area contributed by atoms with Crippen molar-refractivity contribution in [3.8, 4) is 0 Å². The van der Waals surface area contributed by atoms with E-state index in [1.54, 1.807) is 6.07 Å². The summed E-state index contributed by atoms with van der Waals surface area (Å²) in [6.07, 6.45) is 2.68. The molecule has 0 heterocycles. The molecule has 19 heavy (non-hydrogen) atoms. The Morgan fingerprint density at radius 2 is 1.95 bits per heavy atom. The van der Waals surface area contributed by atoms with Crippen LogP contribution in [-0.4, -0.2) is 22.5 Å². The van der Waals surface area contributed by atoms with Crippen LogP contribution < -0.4 is 5.32 Å². The summed E-state index contributed by atoms with van der Waals surface area (Å²) in [6.45, 7) is 1.84. The predicted molar refractivity (Wildman–Crippen MR) is 75.2 cm³/mol. The van der Waals surface area contributed by atoms with Crippen molar-refractivity contribution >= 4 is 27.8 Å². The third-order valence-corrected chi connectivity index (χ3v) is 4.16. The largest absolute Gasteiger partial charge is 0.480 e. The van der Waals surface area contributed by atoms with Crippen LogP contribution in [0, 0.1) is 6.92 Å². The van der Waals surface area contributed by atoms with Crippen LogP contribution in [0.25, 0.3) is 0 Å². The molecule has 2 N–H and O–H groups in total. The van der Waals surface area contributed by atoms with E-state index in [0.29, 0.717) is 18.4 Å². The van der Waals surface area contributed by atoms with Gasteiger partial charge >= 0.3 is 5.97 Å². The Hall–Kier alpha value is -1.36. The molecular formula is C14H16BrNO3. The van der Waals surface area contributed by atoms with E-state index in [1.807, 2.05) is 19.1 Å². The average molecular weight is 326 g/mol. The Labute approximate surface area is 120 Å². The molecule has 4 nitrogen and oxygen atoms in total. The lowest BCUT2D eigenvalue weighted by atomic mass is 9.96. The number of halogens is 1. The van der Waals surface area contributed by atoms with E-state index in [2.05, 4.69) is 21.2 Å². The Morgan fingerprint density at radius 3 is 2.53 bits per heavy atom. The summed E-state index contributed by atoms with van der Waals surface area (Å²) in [7, 11) is 0. The average Bonchev–Trinajstić information content (AvgIpc) is 2.82. The van der Waals surface area contributed by atoms with Crippen molar-refractivity contribution in [2.24, 2.45) is 0 Å². The van der Waals surface area contributed by atoms with Crippen molar-refractivity contribution in [2.45, 2.75) is 38.1 Å². The maximum atomic E-state index is 12.3. The standard InChI is InChI=1S/C14H16BrNO3/c1-9-4-5-10(15)8-11(9)12(17)16-14(13(18)19)6-2-3-7-14/h4-5,8H,2-3,6-7H2,1H3,(H,16,17)(H,18,19). The first-order valence-corrected chi connectivity index (χ1v) is 7.06. The number of carboxylic acid groups (broad SMARTS) is 1. The molecule has 2 rings (SSSR count). The van der Waals surface area contributed by atoms with Gasteiger partial charge in [-0.05, 0) is 37.5 Å². The van der Waals surface area contributed by atoms with E-state index in [1.165, 1.54) is 0 Å². The predicted octanol–water partition coefficient (Wildman–Crippen LogP) is 2.88. The van der Waals surface area contributed by atoms with Crippen LogP contribution in [0.5, 0.6) is 0 Å². The van der Waals surface area contributed by atoms with Gasteiger partial charge in [0.2, 0.25) is 0 Å². The molecule has 1 fully saturated rings. The highest BCUT2D eigenvalue weighted by Crippen LogP contribution is 2.30. The molecule has 1 amide bonds. The fourth-order valence-electron chi connectivity index (χ4n) is 2.49. The highest BCUT2D eigenvalue weighted by atomic mass is 79.9. The number of hydrogen-bond acceptors (Lipinski definition) is 2. The molecule has 0 bridgehead atoms. The summed E-state index contributed by atoms with van der Waals surface area (Å²) in [6, 6.07) is 5.41. The molecule has 1 aliphatic carbocycles. The fourth-order valence-corrected chi connectivity index (χ4v) is 2.86. The molecule has 0 saturated heterocycles. The summed E-state index contributed by atoms with van der Waals surface area (Å²) >= 11 is 3.32. The number of benzene rings is 1. The minimum Gasteiger partial charge on any atom is -0.480 e. The molecule has 0 radical (unpaired) electrons. The van der Waals surface area contributed by atoms with Crippen molar-refractivity contribution in [2.75, 3.05) is 0 Å². The third kappa shape index (κ3) is 2.81. The number of carboxylic acids is 1. The number of carbonyl (C=O) groups is 2. The highest BCUT2D eigenvalue weighted by Gasteiger charge is 2.42. The van der Waals surface area contributed by atoms with E-state index in [-0.39, 0.29) is 5.91 Å². The van der Waals surface area contributed by atoms with Crippen LogP contribution >= 0.6 is 15.9 Å². The fraction of sp³-hybridized carbons (Fsp3) is 0.429. The van der Waals surface area contributed by atoms with Gasteiger partial charge in [-0.3, -0.25) is 4.79 Å². The van der Waals surface area contributed by atoms with E-state index >= 15 is 0 Å². The van der Waals surface area contributed by atoms with Gasteiger partial charge in [-0.1, -0.05) is 34.8 Å². The number of aliphatic carboxylic acids is 1. The van der Waals surface area contributed by atoms with Gasteiger partial charge in [-0.25, -0.2) is 4.79 Å². The molecule has 1 saturated carbocycles. The lowest BCUT2D eigenvalue weighted by Crippen LogP contribution is -2.52. The van der Waals surface area contributed by atoms with E-state index in [0.717, 1.165) is 22.9 Å². The Bertz CT molecular complexity index is 521. The van der Waals surface area contributed by atoms with Gasteiger partial charge in [0.25, 0.3) is 5.91 Å². The zero-order valence-electron chi connectivity index (χ0n) is 10.7. The number of carbonyl (C=O) groups excluding carboxylic acids is 1. The molecule has 0 unspecified atom stereocenters. The summed E-state index contributed by atoms with van der Waals surface area (Å²) in [5, 5.41) is 12.1. The topological polar surface area (TPSA) is 66.4 Å². The second-order valence-corrected chi connectivity index (χ2v) is 5.92. The molecule has 0 spiro atoms. The summed E-state index contributed by atoms with van der Waals surface area (Å²) in [5.74, 6) is -1.26. The number of amides is 1. The number of rotatable bonds is 3. The van der Waals surface area contributed by atoms with E-state index in [9.17, 15) is 14.7 Å². The summed E-state index contributed by atoms with van der Waals surface area (Å²) < 4.78 is 0.805. The second-order valence-electron chi connectivity index (χ2n) is 5.01. The van der Waals surface area contributed by atoms with Crippen LogP contribution in [0.1, 0.15) is 41.6 Å². The van der Waals surface area contributed by atoms with Crippen molar-refractivity contribution in [3.63, 3.8) is 0 Å². The van der Waals surface area contributed by atoms with E-state index < -0.39 is 11.5 Å². The lowest BCUT2D eigenvalue weighted by Gasteiger charge is -2.25. The summed E-state index contributed by atoms with van der Waals surface area (Å²) in [4.78, 5) is 23.7. The minimum atomic E-state index is -1.09. The first-order valence-electron chi connectivity index (χ1n) is 6.27. The van der Waals surface area contributed by atoms with Crippen molar-refractivity contribution in [1.29, 1.82) is 0 Å². The highest BCUT2D eigenvalue weighted by molar-refractivity contribution is 9.10. The van der Waals surface area contributed by atoms with Crippen molar-refractivity contribution < 1.29 is 14.7 Å². The first-order chi connectivity index (χ1) is 8.94. The zero-order chi connectivity index (χ0) is 14.0. The molecule has 0 aliphatic heterocycles. The smallest absolute Gasteiger partial charge is 0.329 e. The van der Waals surface area contributed by atoms with Crippen LogP contribution in [0.15, 0.2) is 22.7 Å². The lowest BCUT2D eigenvalue weighted by molar-refractivity contribution is -0.144. The van der Waals surface area contributed by atoms with Crippen LogP contribution in [0.2, 0.25) is 0 Å². The van der Waals surface area contributed by atoms with Gasteiger partial charge in [-0.2, -0.15) is 0 Å². The maximum absolute atomic E-state index is 12.3. The minimum absolute atomic E-state index is 0.317. The molecule has 0 aromatic heterocycles. The van der Waals surface area contributed by atoms with Gasteiger partial charge in [0.15, 0.2) is 0 Å². The molecule has 102 valence electrons. The summed E-state index contributed by atoms with van der Waals surface area (Å²) in [5.41, 5.74) is 0.257. The Morgan fingerprint density at radius 1 is 1.32 bits per heavy atom. The van der Waals surface area contributed by atoms with E-state index in [4.69, 9.17) is 0 Å². The molecule has 5 heteroatoms. The first kappa shape index (κ1) is 14.1. The normalized spacial score (nSPS) is 17.2. The second kappa shape index (κ2) is 5.33. The van der Waals surface area contributed by atoms with Gasteiger partial charge in [-0.15, -0.1) is 0 Å². The number of aryl methyl sites for hydroxylation is 1. The van der Waals surface area contributed by atoms with Gasteiger partial charge in [0.1, 0.15) is 5.54 Å². The maximum Gasteiger partial charge on any atom is 0.329 e. The Kier molecular flexibility index (Phi) is 3.94. The molecule has 1 aromatic rings. The molecule has 0 atom stereocenters. The monoisotopic (exact) mass is 325 g/mol. The van der Waals surface area contributed by atoms with Crippen LogP contribution in [0.4, 0.5) is 0 Å². The molecular weight excluding hydrogens is 310 g/mol. The number of hydrogen-bond donors (Lipinski definition) is 2. The quantitative estimate of drug-likeness (QED) is 0.897. The molecule has 1 aromatic carbocycles. The zero-order valence-corrected chi connectivity index (χ0v) is 12.3. The molecule has 1 aliphatic rings. The number of nitrogens with one attached hydrogen (secondary N) is 1. The van der Waals surface area contributed by atoms with Crippen LogP contribution in [0.3, 0.4) is 0 Å². The van der Waals surface area contributed by atoms with Gasteiger partial charge in [0.05, 0.1) is 0 Å². The van der Waals surface area contributed by atoms with Gasteiger partial charge < -0.3 is 10.4 Å². The van der Waals surface area contributed by atoms with Crippen molar-refractivity contribution in [1.82, 2.24) is 5.32 Å².